The topological polar surface area (TPSA) is 68.0 Å². The summed E-state index contributed by atoms with van der Waals surface area (Å²) in [4.78, 5) is 16.9. The maximum Gasteiger partial charge on any atom is 0.243 e. The molecule has 0 bridgehead atoms. The zero-order valence-corrected chi connectivity index (χ0v) is 13.8. The predicted molar refractivity (Wildman–Crippen MR) is 87.3 cm³/mol. The van der Waals surface area contributed by atoms with Gasteiger partial charge in [-0.15, -0.1) is 11.3 Å². The van der Waals surface area contributed by atoms with Crippen LogP contribution in [0, 0.1) is 17.6 Å². The van der Waals surface area contributed by atoms with Crippen molar-refractivity contribution in [1.29, 1.82) is 0 Å². The van der Waals surface area contributed by atoms with Crippen LogP contribution in [-0.4, -0.2) is 16.9 Å². The number of carbonyl (C=O) groups excluding carboxylic acids is 1. The molecule has 0 aliphatic rings. The van der Waals surface area contributed by atoms with Crippen LogP contribution in [0.2, 0.25) is 0 Å². The molecule has 124 valence electrons. The first kappa shape index (κ1) is 17.5. The van der Waals surface area contributed by atoms with E-state index in [4.69, 9.17) is 5.73 Å². The molecule has 0 fully saturated rings. The minimum atomic E-state index is -0.875. The number of aromatic nitrogens is 1. The molecule has 1 aromatic carbocycles. The lowest BCUT2D eigenvalue weighted by atomic mass is 10.0. The van der Waals surface area contributed by atoms with Crippen molar-refractivity contribution in [2.75, 3.05) is 5.32 Å². The minimum absolute atomic E-state index is 0.271. The Hall–Kier alpha value is -1.86. The second kappa shape index (κ2) is 7.61. The van der Waals surface area contributed by atoms with E-state index in [-0.39, 0.29) is 5.91 Å². The molecule has 1 aromatic heterocycles. The lowest BCUT2D eigenvalue weighted by Crippen LogP contribution is -2.36. The lowest BCUT2D eigenvalue weighted by molar-refractivity contribution is -0.117. The number of amides is 1. The summed E-state index contributed by atoms with van der Waals surface area (Å²) in [5.41, 5.74) is 6.46. The fourth-order valence-electron chi connectivity index (χ4n) is 2.11. The molecule has 1 amide bonds. The fraction of sp³-hybridized carbons (Fsp3) is 0.375. The van der Waals surface area contributed by atoms with E-state index in [1.807, 2.05) is 13.8 Å². The van der Waals surface area contributed by atoms with E-state index in [0.29, 0.717) is 29.5 Å². The van der Waals surface area contributed by atoms with Crippen molar-refractivity contribution in [2.24, 2.45) is 11.7 Å². The van der Waals surface area contributed by atoms with Gasteiger partial charge in [0.05, 0.1) is 6.04 Å². The third-order valence-electron chi connectivity index (χ3n) is 3.21. The van der Waals surface area contributed by atoms with Crippen LogP contribution >= 0.6 is 11.3 Å². The zero-order valence-electron chi connectivity index (χ0n) is 13.0. The molecule has 4 nitrogen and oxygen atoms in total. The van der Waals surface area contributed by atoms with Crippen LogP contribution in [-0.2, 0) is 11.2 Å². The zero-order chi connectivity index (χ0) is 17.0. The number of rotatable bonds is 6. The number of nitrogens with zero attached hydrogens (tertiary/aromatic N) is 1. The van der Waals surface area contributed by atoms with Crippen molar-refractivity contribution >= 4 is 22.4 Å². The Bertz CT molecular complexity index is 688. The standard InChI is InChI=1S/C16H19F2N3OS/c1-9(2)5-14(19)15(22)21-16-20-8-11(23-16)6-10-3-4-12(17)13(18)7-10/h3-4,7-9,14H,5-6,19H2,1-2H3,(H,20,21,22)/t14-/m0/s1. The maximum absolute atomic E-state index is 13.2. The average molecular weight is 339 g/mol. The van der Waals surface area contributed by atoms with Gasteiger partial charge in [-0.1, -0.05) is 19.9 Å². The molecule has 7 heteroatoms. The molecule has 23 heavy (non-hydrogen) atoms. The van der Waals surface area contributed by atoms with Gasteiger partial charge in [0.1, 0.15) is 0 Å². The first-order chi connectivity index (χ1) is 10.8. The van der Waals surface area contributed by atoms with Gasteiger partial charge < -0.3 is 11.1 Å². The van der Waals surface area contributed by atoms with Gasteiger partial charge in [0, 0.05) is 17.5 Å². The van der Waals surface area contributed by atoms with Gasteiger partial charge >= 0.3 is 0 Å². The number of nitrogens with one attached hydrogen (secondary N) is 1. The van der Waals surface area contributed by atoms with Crippen molar-refractivity contribution in [3.05, 3.63) is 46.5 Å². The van der Waals surface area contributed by atoms with Crippen molar-refractivity contribution in [3.63, 3.8) is 0 Å². The highest BCUT2D eigenvalue weighted by atomic mass is 32.1. The monoisotopic (exact) mass is 339 g/mol. The Morgan fingerprint density at radius 2 is 2.09 bits per heavy atom. The molecule has 0 saturated carbocycles. The highest BCUT2D eigenvalue weighted by Gasteiger charge is 2.16. The molecule has 0 unspecified atom stereocenters. The Balaban J connectivity index is 1.97. The third kappa shape index (κ3) is 5.07. The number of benzene rings is 1. The van der Waals surface area contributed by atoms with Crippen LogP contribution in [0.5, 0.6) is 0 Å². The smallest absolute Gasteiger partial charge is 0.243 e. The summed E-state index contributed by atoms with van der Waals surface area (Å²) in [6.07, 6.45) is 2.62. The first-order valence-corrected chi connectivity index (χ1v) is 8.12. The fourth-order valence-corrected chi connectivity index (χ4v) is 2.96. The molecule has 2 rings (SSSR count). The van der Waals surface area contributed by atoms with Crippen LogP contribution in [0.25, 0.3) is 0 Å². The SMILES string of the molecule is CC(C)C[C@H](N)C(=O)Nc1ncc(Cc2ccc(F)c(F)c2)s1. The Morgan fingerprint density at radius 3 is 2.74 bits per heavy atom. The Labute approximate surface area is 137 Å². The van der Waals surface area contributed by atoms with Crippen molar-refractivity contribution in [1.82, 2.24) is 4.98 Å². The van der Waals surface area contributed by atoms with E-state index in [0.717, 1.165) is 17.0 Å². The van der Waals surface area contributed by atoms with Crippen molar-refractivity contribution in [3.8, 4) is 0 Å². The summed E-state index contributed by atoms with van der Waals surface area (Å²) in [5, 5.41) is 3.13. The molecule has 3 N–H and O–H groups in total. The van der Waals surface area contributed by atoms with E-state index in [1.54, 1.807) is 6.20 Å². The molecular weight excluding hydrogens is 320 g/mol. The van der Waals surface area contributed by atoms with Gasteiger partial charge in [0.2, 0.25) is 5.91 Å². The van der Waals surface area contributed by atoms with Gasteiger partial charge in [0.15, 0.2) is 16.8 Å². The summed E-state index contributed by atoms with van der Waals surface area (Å²) in [6, 6.07) is 3.20. The highest BCUT2D eigenvalue weighted by molar-refractivity contribution is 7.15. The normalized spacial score (nSPS) is 12.4. The number of hydrogen-bond donors (Lipinski definition) is 2. The predicted octanol–water partition coefficient (Wildman–Crippen LogP) is 3.32. The number of carbonyl (C=O) groups is 1. The quantitative estimate of drug-likeness (QED) is 0.848. The number of thiazole rings is 1. The third-order valence-corrected chi connectivity index (χ3v) is 4.12. The number of hydrogen-bond acceptors (Lipinski definition) is 4. The van der Waals surface area contributed by atoms with Gasteiger partial charge in [-0.25, -0.2) is 13.8 Å². The average Bonchev–Trinajstić information content (AvgIpc) is 2.89. The van der Waals surface area contributed by atoms with Crippen LogP contribution < -0.4 is 11.1 Å². The molecule has 0 aliphatic heterocycles. The van der Waals surface area contributed by atoms with Gasteiger partial charge in [0.25, 0.3) is 0 Å². The second-order valence-corrected chi connectivity index (χ2v) is 6.90. The maximum atomic E-state index is 13.2. The largest absolute Gasteiger partial charge is 0.320 e. The number of nitrogens with two attached hydrogens (primary N) is 1. The van der Waals surface area contributed by atoms with Crippen molar-refractivity contribution in [2.45, 2.75) is 32.7 Å². The van der Waals surface area contributed by atoms with E-state index >= 15 is 0 Å². The summed E-state index contributed by atoms with van der Waals surface area (Å²) < 4.78 is 26.1. The molecule has 0 spiro atoms. The summed E-state index contributed by atoms with van der Waals surface area (Å²) in [7, 11) is 0. The molecule has 0 aliphatic carbocycles. The van der Waals surface area contributed by atoms with E-state index in [2.05, 4.69) is 10.3 Å². The molecule has 1 heterocycles. The highest BCUT2D eigenvalue weighted by Crippen LogP contribution is 2.22. The van der Waals surface area contributed by atoms with E-state index in [9.17, 15) is 13.6 Å². The van der Waals surface area contributed by atoms with Gasteiger partial charge in [-0.2, -0.15) is 0 Å². The minimum Gasteiger partial charge on any atom is -0.320 e. The van der Waals surface area contributed by atoms with Gasteiger partial charge in [-0.05, 0) is 30.0 Å². The van der Waals surface area contributed by atoms with Crippen molar-refractivity contribution < 1.29 is 13.6 Å². The number of halogens is 2. The molecule has 0 saturated heterocycles. The molecule has 0 radical (unpaired) electrons. The Morgan fingerprint density at radius 1 is 1.35 bits per heavy atom. The van der Waals surface area contributed by atoms with Crippen LogP contribution in [0.15, 0.2) is 24.4 Å². The van der Waals surface area contributed by atoms with Crippen LogP contribution in [0.4, 0.5) is 13.9 Å². The summed E-state index contributed by atoms with van der Waals surface area (Å²) in [6.45, 7) is 3.99. The lowest BCUT2D eigenvalue weighted by Gasteiger charge is -2.12. The molecular formula is C16H19F2N3OS. The first-order valence-electron chi connectivity index (χ1n) is 7.30. The van der Waals surface area contributed by atoms with Crippen LogP contribution in [0.1, 0.15) is 30.7 Å². The van der Waals surface area contributed by atoms with E-state index in [1.165, 1.54) is 17.4 Å². The summed E-state index contributed by atoms with van der Waals surface area (Å²) >= 11 is 1.29. The van der Waals surface area contributed by atoms with E-state index < -0.39 is 17.7 Å². The second-order valence-electron chi connectivity index (χ2n) is 5.78. The summed E-state index contributed by atoms with van der Waals surface area (Å²) in [5.74, 6) is -1.69. The number of anilines is 1. The van der Waals surface area contributed by atoms with Gasteiger partial charge in [-0.3, -0.25) is 4.79 Å². The van der Waals surface area contributed by atoms with Crippen LogP contribution in [0.3, 0.4) is 0 Å². The molecule has 1 atom stereocenters. The molecule has 2 aromatic rings. The Kier molecular flexibility index (Phi) is 5.79.